The molecule has 0 heteroatoms. The third kappa shape index (κ3) is 3.17. The molecule has 176 valence electrons. The van der Waals surface area contributed by atoms with Crippen LogP contribution in [-0.4, -0.2) is 0 Å². The standard InChI is InChI=1S/C38H24/c1-2-8-25(9-3-1)34-22-18-26-10-4-5-15-33(26)37(34)31-14-7-13-30(24-31)32-21-19-29-17-16-27-11-6-12-28-20-23-35(32)38(29)36(27)28/h1-24H. The molecule has 0 nitrogen and oxygen atoms in total. The summed E-state index contributed by atoms with van der Waals surface area (Å²) in [5, 5.41) is 10.5. The lowest BCUT2D eigenvalue weighted by Gasteiger charge is -2.17. The van der Waals surface area contributed by atoms with Gasteiger partial charge in [-0.3, -0.25) is 0 Å². The molecule has 8 aromatic rings. The minimum absolute atomic E-state index is 1.24. The van der Waals surface area contributed by atoms with Crippen LogP contribution in [0.2, 0.25) is 0 Å². The fraction of sp³-hybridized carbons (Fsp3) is 0. The minimum Gasteiger partial charge on any atom is -0.0622 e. The summed E-state index contributed by atoms with van der Waals surface area (Å²) in [4.78, 5) is 0. The smallest absolute Gasteiger partial charge is 0.00206 e. The van der Waals surface area contributed by atoms with Gasteiger partial charge in [-0.25, -0.2) is 0 Å². The Balaban J connectivity index is 1.40. The summed E-state index contributed by atoms with van der Waals surface area (Å²) in [6, 6.07) is 53.3. The first-order chi connectivity index (χ1) is 18.8. The molecule has 0 N–H and O–H groups in total. The van der Waals surface area contributed by atoms with Crippen LogP contribution in [-0.2, 0) is 0 Å². The zero-order valence-electron chi connectivity index (χ0n) is 20.9. The molecule has 0 saturated heterocycles. The molecule has 0 radical (unpaired) electrons. The molecule has 0 amide bonds. The van der Waals surface area contributed by atoms with Gasteiger partial charge < -0.3 is 0 Å². The number of hydrogen-bond donors (Lipinski definition) is 0. The van der Waals surface area contributed by atoms with Crippen LogP contribution in [0.5, 0.6) is 0 Å². The Bertz CT molecular complexity index is 2100. The first-order valence-electron chi connectivity index (χ1n) is 13.2. The molecule has 0 atom stereocenters. The highest BCUT2D eigenvalue weighted by Gasteiger charge is 2.15. The minimum atomic E-state index is 1.24. The van der Waals surface area contributed by atoms with Crippen molar-refractivity contribution in [1.29, 1.82) is 0 Å². The summed E-state index contributed by atoms with van der Waals surface area (Å²) < 4.78 is 0. The number of rotatable bonds is 3. The molecule has 0 heterocycles. The van der Waals surface area contributed by atoms with E-state index in [2.05, 4.69) is 146 Å². The van der Waals surface area contributed by atoms with Crippen molar-refractivity contribution in [2.45, 2.75) is 0 Å². The van der Waals surface area contributed by atoms with E-state index in [1.54, 1.807) is 0 Å². The van der Waals surface area contributed by atoms with Gasteiger partial charge in [-0.2, -0.15) is 0 Å². The molecule has 0 aromatic heterocycles. The molecule has 0 aliphatic heterocycles. The van der Waals surface area contributed by atoms with Gasteiger partial charge in [0.1, 0.15) is 0 Å². The molecule has 8 aromatic carbocycles. The lowest BCUT2D eigenvalue weighted by Crippen LogP contribution is -1.90. The molecule has 0 aliphatic rings. The molecular formula is C38H24. The predicted molar refractivity (Wildman–Crippen MR) is 164 cm³/mol. The van der Waals surface area contributed by atoms with E-state index >= 15 is 0 Å². The number of fused-ring (bicyclic) bond motifs is 1. The second-order valence-electron chi connectivity index (χ2n) is 10.1. The quantitative estimate of drug-likeness (QED) is 0.221. The monoisotopic (exact) mass is 480 g/mol. The van der Waals surface area contributed by atoms with Crippen molar-refractivity contribution >= 4 is 43.1 Å². The zero-order valence-corrected chi connectivity index (χ0v) is 20.9. The van der Waals surface area contributed by atoms with Gasteiger partial charge in [0.25, 0.3) is 0 Å². The second-order valence-corrected chi connectivity index (χ2v) is 10.1. The number of hydrogen-bond acceptors (Lipinski definition) is 0. The Morgan fingerprint density at radius 3 is 1.74 bits per heavy atom. The first-order valence-corrected chi connectivity index (χ1v) is 13.2. The van der Waals surface area contributed by atoms with Crippen LogP contribution in [0.3, 0.4) is 0 Å². The van der Waals surface area contributed by atoms with E-state index < -0.39 is 0 Å². The normalized spacial score (nSPS) is 11.7. The first kappa shape index (κ1) is 21.2. The molecule has 0 aliphatic carbocycles. The van der Waals surface area contributed by atoms with Crippen LogP contribution in [0.1, 0.15) is 0 Å². The average Bonchev–Trinajstić information content (AvgIpc) is 2.99. The van der Waals surface area contributed by atoms with Crippen molar-refractivity contribution < 1.29 is 0 Å². The maximum atomic E-state index is 2.38. The van der Waals surface area contributed by atoms with Crippen molar-refractivity contribution in [3.63, 3.8) is 0 Å². The third-order valence-corrected chi connectivity index (χ3v) is 8.00. The lowest BCUT2D eigenvalue weighted by atomic mass is 9.87. The molecule has 0 bridgehead atoms. The van der Waals surface area contributed by atoms with E-state index in [1.807, 2.05) is 0 Å². The van der Waals surface area contributed by atoms with Gasteiger partial charge in [-0.05, 0) is 82.5 Å². The van der Waals surface area contributed by atoms with Gasteiger partial charge >= 0.3 is 0 Å². The topological polar surface area (TPSA) is 0 Å². The Hall–Kier alpha value is -4.94. The Labute approximate surface area is 221 Å². The summed E-state index contributed by atoms with van der Waals surface area (Å²) in [7, 11) is 0. The molecule has 38 heavy (non-hydrogen) atoms. The summed E-state index contributed by atoms with van der Waals surface area (Å²) in [6.45, 7) is 0. The molecule has 0 fully saturated rings. The van der Waals surface area contributed by atoms with Crippen molar-refractivity contribution in [3.8, 4) is 33.4 Å². The summed E-state index contributed by atoms with van der Waals surface area (Å²) in [5.41, 5.74) is 7.54. The SMILES string of the molecule is c1ccc(-c2ccc3ccccc3c2-c2cccc(-c3ccc4ccc5cccc6ccc3c4c56)c2)cc1. The molecule has 0 unspecified atom stereocenters. The largest absolute Gasteiger partial charge is 0.0622 e. The number of benzene rings is 8. The Morgan fingerprint density at radius 1 is 0.289 bits per heavy atom. The molecule has 0 spiro atoms. The maximum absolute atomic E-state index is 2.38. The van der Waals surface area contributed by atoms with Crippen LogP contribution in [0, 0.1) is 0 Å². The van der Waals surface area contributed by atoms with Crippen LogP contribution in [0.4, 0.5) is 0 Å². The molecule has 8 rings (SSSR count). The molecular weight excluding hydrogens is 456 g/mol. The third-order valence-electron chi connectivity index (χ3n) is 8.00. The van der Waals surface area contributed by atoms with Crippen molar-refractivity contribution in [3.05, 3.63) is 146 Å². The van der Waals surface area contributed by atoms with E-state index in [0.717, 1.165) is 0 Å². The van der Waals surface area contributed by atoms with Crippen LogP contribution in [0.15, 0.2) is 146 Å². The van der Waals surface area contributed by atoms with E-state index in [4.69, 9.17) is 0 Å². The second kappa shape index (κ2) is 8.30. The van der Waals surface area contributed by atoms with Crippen LogP contribution >= 0.6 is 0 Å². The van der Waals surface area contributed by atoms with Crippen molar-refractivity contribution in [2.24, 2.45) is 0 Å². The Kier molecular flexibility index (Phi) is 4.62. The maximum Gasteiger partial charge on any atom is -0.00206 e. The van der Waals surface area contributed by atoms with Gasteiger partial charge in [0.15, 0.2) is 0 Å². The van der Waals surface area contributed by atoms with Crippen LogP contribution < -0.4 is 0 Å². The zero-order chi connectivity index (χ0) is 25.1. The molecule has 0 saturated carbocycles. The summed E-state index contributed by atoms with van der Waals surface area (Å²) >= 11 is 0. The van der Waals surface area contributed by atoms with Gasteiger partial charge in [-0.1, -0.05) is 140 Å². The van der Waals surface area contributed by atoms with Crippen molar-refractivity contribution in [1.82, 2.24) is 0 Å². The summed E-state index contributed by atoms with van der Waals surface area (Å²) in [6.07, 6.45) is 0. The predicted octanol–water partition coefficient (Wildman–Crippen LogP) is 10.7. The highest BCUT2D eigenvalue weighted by molar-refractivity contribution is 6.25. The highest BCUT2D eigenvalue weighted by Crippen LogP contribution is 2.42. The van der Waals surface area contributed by atoms with Crippen molar-refractivity contribution in [2.75, 3.05) is 0 Å². The fourth-order valence-electron chi connectivity index (χ4n) is 6.27. The van der Waals surface area contributed by atoms with E-state index in [-0.39, 0.29) is 0 Å². The van der Waals surface area contributed by atoms with Gasteiger partial charge in [-0.15, -0.1) is 0 Å². The van der Waals surface area contributed by atoms with Gasteiger partial charge in [0.05, 0.1) is 0 Å². The Morgan fingerprint density at radius 2 is 0.868 bits per heavy atom. The highest BCUT2D eigenvalue weighted by atomic mass is 14.2. The van der Waals surface area contributed by atoms with E-state index in [1.165, 1.54) is 76.5 Å². The average molecular weight is 481 g/mol. The van der Waals surface area contributed by atoms with E-state index in [9.17, 15) is 0 Å². The fourth-order valence-corrected chi connectivity index (χ4v) is 6.27. The van der Waals surface area contributed by atoms with E-state index in [0.29, 0.717) is 0 Å². The summed E-state index contributed by atoms with van der Waals surface area (Å²) in [5.74, 6) is 0. The lowest BCUT2D eigenvalue weighted by molar-refractivity contribution is 1.60. The van der Waals surface area contributed by atoms with Gasteiger partial charge in [0.2, 0.25) is 0 Å². The van der Waals surface area contributed by atoms with Gasteiger partial charge in [0, 0.05) is 0 Å². The van der Waals surface area contributed by atoms with Crippen LogP contribution in [0.25, 0.3) is 76.5 Å².